The fourth-order valence-electron chi connectivity index (χ4n) is 2.60. The number of hydrogen-bond acceptors (Lipinski definition) is 5. The number of rotatable bonds is 2. The average molecular weight is 458 g/mol. The van der Waals surface area contributed by atoms with E-state index in [-0.39, 0.29) is 17.1 Å². The predicted molar refractivity (Wildman–Crippen MR) is 128 cm³/mol. The van der Waals surface area contributed by atoms with Crippen molar-refractivity contribution in [1.82, 2.24) is 0 Å². The van der Waals surface area contributed by atoms with Crippen LogP contribution >= 0.6 is 36.0 Å². The van der Waals surface area contributed by atoms with Gasteiger partial charge in [-0.2, -0.15) is 0 Å². The molecule has 0 saturated carbocycles. The van der Waals surface area contributed by atoms with E-state index < -0.39 is 0 Å². The van der Waals surface area contributed by atoms with Crippen molar-refractivity contribution in [3.8, 4) is 0 Å². The lowest BCUT2D eigenvalue weighted by Gasteiger charge is -2.21. The van der Waals surface area contributed by atoms with Gasteiger partial charge < -0.3 is 16.4 Å². The Labute approximate surface area is 189 Å². The van der Waals surface area contributed by atoms with E-state index in [1.54, 1.807) is 30.3 Å². The maximum absolute atomic E-state index is 12.4. The predicted octanol–water partition coefficient (Wildman–Crippen LogP) is 5.58. The Morgan fingerprint density at radius 3 is 2.50 bits per heavy atom. The molecule has 0 fully saturated rings. The highest BCUT2D eigenvalue weighted by Crippen LogP contribution is 2.36. The number of halogens is 1. The van der Waals surface area contributed by atoms with Crippen LogP contribution in [0.3, 0.4) is 0 Å². The monoisotopic (exact) mass is 457 g/mol. The van der Waals surface area contributed by atoms with Crippen LogP contribution in [-0.2, 0) is 4.79 Å². The highest BCUT2D eigenvalue weighted by atomic mass is 35.5. The zero-order valence-electron chi connectivity index (χ0n) is 16.1. The lowest BCUT2D eigenvalue weighted by atomic mass is 10.1. The molecule has 3 aromatic carbocycles. The Balaban J connectivity index is 0.000000310. The summed E-state index contributed by atoms with van der Waals surface area (Å²) in [6.45, 7) is 1.84. The van der Waals surface area contributed by atoms with Gasteiger partial charge in [-0.3, -0.25) is 9.59 Å². The van der Waals surface area contributed by atoms with Gasteiger partial charge in [-0.05, 0) is 55.5 Å². The van der Waals surface area contributed by atoms with E-state index in [0.717, 1.165) is 15.5 Å². The lowest BCUT2D eigenvalue weighted by Crippen LogP contribution is -2.26. The molecular formula is C22H20ClN3O2S2. The van der Waals surface area contributed by atoms with Gasteiger partial charge in [-0.25, -0.2) is 0 Å². The fraction of sp³-hybridized carbons (Fsp3) is 0.0909. The van der Waals surface area contributed by atoms with Crippen molar-refractivity contribution in [2.24, 2.45) is 0 Å². The normalized spacial score (nSPS) is 14.6. The van der Waals surface area contributed by atoms with E-state index in [2.05, 4.69) is 23.3 Å². The third kappa shape index (κ3) is 5.72. The number of anilines is 3. The molecule has 1 aliphatic heterocycles. The summed E-state index contributed by atoms with van der Waals surface area (Å²) in [5.74, 6) is -0.355. The van der Waals surface area contributed by atoms with E-state index in [0.29, 0.717) is 22.0 Å². The van der Waals surface area contributed by atoms with Crippen molar-refractivity contribution in [1.29, 1.82) is 0 Å². The van der Waals surface area contributed by atoms with E-state index in [4.69, 9.17) is 17.3 Å². The van der Waals surface area contributed by atoms with Crippen molar-refractivity contribution < 1.29 is 9.59 Å². The van der Waals surface area contributed by atoms with E-state index >= 15 is 0 Å². The second-order valence-corrected chi connectivity index (χ2v) is 8.80. The number of para-hydroxylation sites is 1. The molecule has 30 heavy (non-hydrogen) atoms. The largest absolute Gasteiger partial charge is 0.399 e. The lowest BCUT2D eigenvalue weighted by molar-refractivity contribution is -0.115. The third-order valence-electron chi connectivity index (χ3n) is 4.17. The number of hydrogen-bond donors (Lipinski definition) is 4. The molecule has 0 radical (unpaired) electrons. The minimum Gasteiger partial charge on any atom is -0.399 e. The van der Waals surface area contributed by atoms with Crippen LogP contribution in [0.25, 0.3) is 0 Å². The SMILES string of the molecule is CC1Sc2ccc(C(=O)Nc3ccc(S)cc3Cl)cc2NC1=O.Nc1ccccc1. The Bertz CT molecular complexity index is 1080. The van der Waals surface area contributed by atoms with Crippen molar-refractivity contribution in [3.63, 3.8) is 0 Å². The van der Waals surface area contributed by atoms with Gasteiger partial charge in [0.15, 0.2) is 0 Å². The molecule has 1 unspecified atom stereocenters. The Kier molecular flexibility index (Phi) is 7.31. The van der Waals surface area contributed by atoms with Gasteiger partial charge in [0, 0.05) is 21.0 Å². The summed E-state index contributed by atoms with van der Waals surface area (Å²) in [5, 5.41) is 5.85. The van der Waals surface area contributed by atoms with Crippen LogP contribution in [0.2, 0.25) is 5.02 Å². The molecule has 1 aliphatic rings. The van der Waals surface area contributed by atoms with Gasteiger partial charge in [-0.1, -0.05) is 29.8 Å². The van der Waals surface area contributed by atoms with Crippen molar-refractivity contribution in [3.05, 3.63) is 77.3 Å². The molecular weight excluding hydrogens is 438 g/mol. The zero-order chi connectivity index (χ0) is 21.7. The van der Waals surface area contributed by atoms with Gasteiger partial charge in [-0.15, -0.1) is 24.4 Å². The first-order chi connectivity index (χ1) is 14.3. The van der Waals surface area contributed by atoms with Gasteiger partial charge in [0.2, 0.25) is 5.91 Å². The summed E-state index contributed by atoms with van der Waals surface area (Å²) in [5.41, 5.74) is 7.80. The van der Waals surface area contributed by atoms with E-state index in [9.17, 15) is 9.59 Å². The van der Waals surface area contributed by atoms with Crippen LogP contribution in [0.15, 0.2) is 76.5 Å². The van der Waals surface area contributed by atoms with Crippen LogP contribution < -0.4 is 16.4 Å². The summed E-state index contributed by atoms with van der Waals surface area (Å²) in [4.78, 5) is 25.8. The maximum Gasteiger partial charge on any atom is 0.255 e. The molecule has 1 atom stereocenters. The second kappa shape index (κ2) is 9.93. The summed E-state index contributed by atoms with van der Waals surface area (Å²) in [6.07, 6.45) is 0. The molecule has 4 N–H and O–H groups in total. The first-order valence-corrected chi connectivity index (χ1v) is 10.8. The average Bonchev–Trinajstić information content (AvgIpc) is 2.71. The number of carbonyl (C=O) groups excluding carboxylic acids is 2. The van der Waals surface area contributed by atoms with Crippen LogP contribution in [0.1, 0.15) is 17.3 Å². The summed E-state index contributed by atoms with van der Waals surface area (Å²) in [7, 11) is 0. The molecule has 8 heteroatoms. The Morgan fingerprint density at radius 2 is 1.87 bits per heavy atom. The minimum atomic E-state index is -0.292. The number of nitrogen functional groups attached to an aromatic ring is 1. The number of thioether (sulfide) groups is 1. The molecule has 5 nitrogen and oxygen atoms in total. The van der Waals surface area contributed by atoms with Gasteiger partial charge in [0.1, 0.15) is 0 Å². The second-order valence-electron chi connectivity index (χ2n) is 6.49. The first-order valence-electron chi connectivity index (χ1n) is 9.05. The molecule has 0 saturated heterocycles. The third-order valence-corrected chi connectivity index (χ3v) is 5.94. The quantitative estimate of drug-likeness (QED) is 0.299. The molecule has 3 aromatic rings. The number of carbonyl (C=O) groups is 2. The van der Waals surface area contributed by atoms with E-state index in [1.807, 2.05) is 43.3 Å². The zero-order valence-corrected chi connectivity index (χ0v) is 18.5. The molecule has 0 aliphatic carbocycles. The highest BCUT2D eigenvalue weighted by Gasteiger charge is 2.23. The molecule has 2 amide bonds. The van der Waals surface area contributed by atoms with Gasteiger partial charge >= 0.3 is 0 Å². The minimum absolute atomic E-state index is 0.0625. The highest BCUT2D eigenvalue weighted by molar-refractivity contribution is 8.00. The van der Waals surface area contributed by atoms with Gasteiger partial charge in [0.25, 0.3) is 5.91 Å². The Hall–Kier alpha value is -2.61. The number of fused-ring (bicyclic) bond motifs is 1. The number of nitrogens with two attached hydrogens (primary N) is 1. The number of benzene rings is 3. The smallest absolute Gasteiger partial charge is 0.255 e. The van der Waals surface area contributed by atoms with E-state index in [1.165, 1.54) is 11.8 Å². The van der Waals surface area contributed by atoms with Crippen LogP contribution in [0, 0.1) is 0 Å². The van der Waals surface area contributed by atoms with Crippen LogP contribution in [-0.4, -0.2) is 17.1 Å². The Morgan fingerprint density at radius 1 is 1.13 bits per heavy atom. The van der Waals surface area contributed by atoms with Crippen molar-refractivity contribution >= 4 is 64.9 Å². The van der Waals surface area contributed by atoms with Crippen LogP contribution in [0.5, 0.6) is 0 Å². The molecule has 0 bridgehead atoms. The molecule has 1 heterocycles. The molecule has 0 spiro atoms. The fourth-order valence-corrected chi connectivity index (χ4v) is 4.04. The topological polar surface area (TPSA) is 84.2 Å². The molecule has 0 aromatic heterocycles. The summed E-state index contributed by atoms with van der Waals surface area (Å²) >= 11 is 11.8. The number of amides is 2. The summed E-state index contributed by atoms with van der Waals surface area (Å²) in [6, 6.07) is 19.8. The number of nitrogens with one attached hydrogen (secondary N) is 2. The maximum atomic E-state index is 12.4. The number of thiol groups is 1. The molecule has 4 rings (SSSR count). The van der Waals surface area contributed by atoms with Crippen LogP contribution in [0.4, 0.5) is 17.1 Å². The van der Waals surface area contributed by atoms with Crippen molar-refractivity contribution in [2.45, 2.75) is 22.0 Å². The first kappa shape index (κ1) is 22.1. The standard InChI is InChI=1S/C16H13ClN2O2S2.C6H7N/c1-8-15(20)19-13-6-9(2-5-14(13)23-8)16(21)18-12-4-3-10(22)7-11(12)17;7-6-4-2-1-3-5-6/h2-8,22H,1H3,(H,18,21)(H,19,20);1-5H,7H2. The van der Waals surface area contributed by atoms with Gasteiger partial charge in [0.05, 0.1) is 21.6 Å². The van der Waals surface area contributed by atoms with Crippen molar-refractivity contribution in [2.75, 3.05) is 16.4 Å². The summed E-state index contributed by atoms with van der Waals surface area (Å²) < 4.78 is 0. The molecule has 154 valence electrons.